The molecule has 0 aliphatic rings. The van der Waals surface area contributed by atoms with Crippen LogP contribution in [0.2, 0.25) is 0 Å². The number of hydrogen-bond donors (Lipinski definition) is 5. The Morgan fingerprint density at radius 1 is 0.677 bits per heavy atom. The summed E-state index contributed by atoms with van der Waals surface area (Å²) in [7, 11) is 3.68. The van der Waals surface area contributed by atoms with Gasteiger partial charge >= 0.3 is 23.9 Å². The Bertz CT molecular complexity index is 2250. The van der Waals surface area contributed by atoms with Gasteiger partial charge in [0.05, 0.1) is 39.9 Å². The van der Waals surface area contributed by atoms with E-state index >= 15 is 0 Å². The average molecular weight is 869 g/mol. The third kappa shape index (κ3) is 14.3. The van der Waals surface area contributed by atoms with Gasteiger partial charge < -0.3 is 54.1 Å². The molecule has 0 radical (unpaired) electrons. The fraction of sp³-hybridized carbons (Fsp3) is 0.477. The average Bonchev–Trinajstić information content (AvgIpc) is 3.21. The normalized spacial score (nSPS) is 11.8. The Balaban J connectivity index is 1.98. The van der Waals surface area contributed by atoms with Crippen molar-refractivity contribution in [1.82, 2.24) is 10.6 Å². The van der Waals surface area contributed by atoms with E-state index in [4.69, 9.17) is 28.8 Å². The van der Waals surface area contributed by atoms with Crippen molar-refractivity contribution < 1.29 is 72.2 Å². The van der Waals surface area contributed by atoms with Crippen molar-refractivity contribution in [3.63, 3.8) is 0 Å². The minimum atomic E-state index is -1.14. The van der Waals surface area contributed by atoms with Crippen molar-refractivity contribution >= 4 is 57.6 Å². The number of aliphatic carboxylic acids is 2. The fourth-order valence-corrected chi connectivity index (χ4v) is 6.35. The van der Waals surface area contributed by atoms with Crippen LogP contribution in [0.15, 0.2) is 44.6 Å². The zero-order valence-corrected chi connectivity index (χ0v) is 36.1. The van der Waals surface area contributed by atoms with E-state index in [9.17, 15) is 38.7 Å². The predicted octanol–water partition coefficient (Wildman–Crippen LogP) is 5.04. The van der Waals surface area contributed by atoms with Gasteiger partial charge in [-0.25, -0.2) is 9.59 Å². The lowest BCUT2D eigenvalue weighted by molar-refractivity contribution is -0.146. The van der Waals surface area contributed by atoms with E-state index in [2.05, 4.69) is 20.1 Å². The maximum absolute atomic E-state index is 14.5. The fourth-order valence-electron chi connectivity index (χ4n) is 6.35. The standard InChI is InChI=1S/C44H56N2O16/c1-24(2)12-14-26-30(60-20-8-10-34(47)45-28(43(55)58-6)16-18-36(49)50)22-32-39(40(26)53)41(54)38-27(15-13-25(3)4)42(57-5)33(23-31(38)62-32)61-21-9-11-35(48)46-29(44(56)59-7)17-19-37(51)52/h12-13,22-23,28-29,53H,8-11,14-21H2,1-7H3,(H,45,47)(H,46,48)(H,49,50)(H,51,52)/t28-,29-/m1/s1. The maximum atomic E-state index is 14.5. The van der Waals surface area contributed by atoms with Gasteiger partial charge in [0, 0.05) is 48.9 Å². The van der Waals surface area contributed by atoms with Crippen molar-refractivity contribution in [2.75, 3.05) is 34.5 Å². The molecule has 2 amide bonds. The second-order valence-corrected chi connectivity index (χ2v) is 14.8. The van der Waals surface area contributed by atoms with Crippen LogP contribution in [0.1, 0.15) is 90.2 Å². The number of amides is 2. The van der Waals surface area contributed by atoms with E-state index in [1.165, 1.54) is 19.2 Å². The van der Waals surface area contributed by atoms with E-state index in [0.717, 1.165) is 25.4 Å². The lowest BCUT2D eigenvalue weighted by atomic mass is 9.98. The minimum absolute atomic E-state index is 0.00273. The molecule has 0 unspecified atom stereocenters. The van der Waals surface area contributed by atoms with Crippen LogP contribution < -0.4 is 30.3 Å². The zero-order valence-electron chi connectivity index (χ0n) is 36.1. The van der Waals surface area contributed by atoms with Crippen molar-refractivity contribution in [2.45, 2.75) is 104 Å². The van der Waals surface area contributed by atoms with Crippen LogP contribution >= 0.6 is 0 Å². The number of carboxylic acid groups (broad SMARTS) is 2. The van der Waals surface area contributed by atoms with Gasteiger partial charge in [-0.1, -0.05) is 23.3 Å². The van der Waals surface area contributed by atoms with E-state index in [1.54, 1.807) is 0 Å². The van der Waals surface area contributed by atoms with E-state index < -0.39 is 53.2 Å². The molecule has 0 aliphatic carbocycles. The first-order valence-corrected chi connectivity index (χ1v) is 20.0. The Kier molecular flexibility index (Phi) is 19.3. The van der Waals surface area contributed by atoms with Crippen LogP contribution in [0.25, 0.3) is 21.9 Å². The number of nitrogens with one attached hydrogen (secondary N) is 2. The molecule has 3 aromatic rings. The SMILES string of the molecule is COC(=O)[C@@H](CCC(=O)O)NC(=O)CCCOc1cc2oc3cc(OCCCC(=O)N[C@H](CCC(=O)O)C(=O)OC)c(OC)c(CC=C(C)C)c3c(=O)c2c(O)c1CC=C(C)C. The number of allylic oxidation sites excluding steroid dienone is 4. The number of carbonyl (C=O) groups excluding carboxylic acids is 4. The highest BCUT2D eigenvalue weighted by molar-refractivity contribution is 5.98. The van der Waals surface area contributed by atoms with Crippen molar-refractivity contribution in [3.8, 4) is 23.0 Å². The molecule has 0 bridgehead atoms. The number of methoxy groups -OCH3 is 3. The van der Waals surface area contributed by atoms with Crippen LogP contribution in [0.3, 0.4) is 0 Å². The molecule has 18 nitrogen and oxygen atoms in total. The van der Waals surface area contributed by atoms with Crippen LogP contribution in [0, 0.1) is 0 Å². The molecule has 2 atom stereocenters. The third-order valence-electron chi connectivity index (χ3n) is 9.49. The summed E-state index contributed by atoms with van der Waals surface area (Å²) in [6.45, 7) is 7.49. The molecule has 0 saturated heterocycles. The highest BCUT2D eigenvalue weighted by atomic mass is 16.5. The minimum Gasteiger partial charge on any atom is -0.507 e. The van der Waals surface area contributed by atoms with Crippen LogP contribution in [-0.4, -0.2) is 97.6 Å². The summed E-state index contributed by atoms with van der Waals surface area (Å²) < 4.78 is 33.7. The topological polar surface area (TPSA) is 264 Å². The second kappa shape index (κ2) is 24.0. The molecule has 0 fully saturated rings. The summed E-state index contributed by atoms with van der Waals surface area (Å²) in [5.41, 5.74) is 2.18. The van der Waals surface area contributed by atoms with Gasteiger partial charge in [0.2, 0.25) is 17.2 Å². The first-order chi connectivity index (χ1) is 29.4. The largest absolute Gasteiger partial charge is 0.507 e. The lowest BCUT2D eigenvalue weighted by Crippen LogP contribution is -2.41. The first-order valence-electron chi connectivity index (χ1n) is 20.0. The maximum Gasteiger partial charge on any atom is 0.328 e. The summed E-state index contributed by atoms with van der Waals surface area (Å²) in [6.07, 6.45) is 3.31. The Morgan fingerprint density at radius 3 is 1.58 bits per heavy atom. The molecule has 5 N–H and O–H groups in total. The number of phenolic OH excluding ortho intramolecular Hbond substituents is 1. The van der Waals surface area contributed by atoms with Gasteiger partial charge in [-0.2, -0.15) is 0 Å². The second-order valence-electron chi connectivity index (χ2n) is 14.8. The van der Waals surface area contributed by atoms with Gasteiger partial charge in [-0.05, 0) is 66.2 Å². The number of ether oxygens (including phenoxy) is 5. The lowest BCUT2D eigenvalue weighted by Gasteiger charge is -2.18. The van der Waals surface area contributed by atoms with Crippen LogP contribution in [0.4, 0.5) is 0 Å². The summed E-state index contributed by atoms with van der Waals surface area (Å²) in [5.74, 6) is -4.59. The Labute approximate surface area is 358 Å². The van der Waals surface area contributed by atoms with E-state index in [1.807, 2.05) is 39.8 Å². The zero-order chi connectivity index (χ0) is 46.1. The van der Waals surface area contributed by atoms with Crippen LogP contribution in [-0.2, 0) is 51.1 Å². The molecular weight excluding hydrogens is 812 g/mol. The molecule has 1 heterocycles. The number of phenols is 1. The third-order valence-corrected chi connectivity index (χ3v) is 9.49. The smallest absolute Gasteiger partial charge is 0.328 e. The molecule has 0 spiro atoms. The molecule has 2 aromatic carbocycles. The van der Waals surface area contributed by atoms with Gasteiger partial charge in [-0.15, -0.1) is 0 Å². The number of aromatic hydroxyl groups is 1. The number of esters is 2. The number of carbonyl (C=O) groups is 6. The van der Waals surface area contributed by atoms with Gasteiger partial charge in [0.1, 0.15) is 40.1 Å². The van der Waals surface area contributed by atoms with Gasteiger partial charge in [0.15, 0.2) is 11.5 Å². The Morgan fingerprint density at radius 2 is 1.13 bits per heavy atom. The van der Waals surface area contributed by atoms with Crippen molar-refractivity contribution in [3.05, 3.63) is 56.8 Å². The number of hydrogen-bond acceptors (Lipinski definition) is 14. The molecule has 1 aromatic heterocycles. The molecule has 338 valence electrons. The highest BCUT2D eigenvalue weighted by Gasteiger charge is 2.26. The van der Waals surface area contributed by atoms with E-state index in [0.29, 0.717) is 11.1 Å². The van der Waals surface area contributed by atoms with Crippen molar-refractivity contribution in [2.24, 2.45) is 0 Å². The highest BCUT2D eigenvalue weighted by Crippen LogP contribution is 2.42. The van der Waals surface area contributed by atoms with Gasteiger partial charge in [0.25, 0.3) is 0 Å². The number of rotatable bonds is 25. The number of benzene rings is 2. The van der Waals surface area contributed by atoms with Gasteiger partial charge in [-0.3, -0.25) is 24.0 Å². The monoisotopic (exact) mass is 868 g/mol. The summed E-state index contributed by atoms with van der Waals surface area (Å²) in [5, 5.41) is 34.8. The van der Waals surface area contributed by atoms with Crippen LogP contribution in [0.5, 0.6) is 23.0 Å². The molecular formula is C44H56N2O16. The number of fused-ring (bicyclic) bond motifs is 2. The summed E-state index contributed by atoms with van der Waals surface area (Å²) >= 11 is 0. The van der Waals surface area contributed by atoms with Crippen molar-refractivity contribution in [1.29, 1.82) is 0 Å². The molecule has 0 saturated carbocycles. The molecule has 3 rings (SSSR count). The first kappa shape index (κ1) is 49.8. The Hall–Kier alpha value is -6.59. The van der Waals surface area contributed by atoms with E-state index in [-0.39, 0.29) is 122 Å². The summed E-state index contributed by atoms with van der Waals surface area (Å²) in [4.78, 5) is 86.1. The predicted molar refractivity (Wildman–Crippen MR) is 226 cm³/mol. The molecule has 62 heavy (non-hydrogen) atoms. The number of carboxylic acids is 2. The molecule has 0 aliphatic heterocycles. The summed E-state index contributed by atoms with van der Waals surface area (Å²) in [6, 6.07) is 0.693. The quantitative estimate of drug-likeness (QED) is 0.0323. The molecule has 18 heteroatoms.